The number of furan rings is 1. The number of anilines is 1. The molecule has 0 aliphatic rings. The molecule has 0 bridgehead atoms. The molecule has 0 aliphatic carbocycles. The largest absolute Gasteiger partial charge is 0.486 e. The van der Waals surface area contributed by atoms with Gasteiger partial charge in [-0.15, -0.1) is 0 Å². The van der Waals surface area contributed by atoms with Crippen molar-refractivity contribution in [1.82, 2.24) is 0 Å². The summed E-state index contributed by atoms with van der Waals surface area (Å²) in [6.07, 6.45) is 0. The monoisotopic (exact) mass is 500 g/mol. The molecule has 0 radical (unpaired) electrons. The third-order valence-electron chi connectivity index (χ3n) is 5.60. The van der Waals surface area contributed by atoms with Crippen LogP contribution >= 0.6 is 0 Å². The Bertz CT molecular complexity index is 1400. The van der Waals surface area contributed by atoms with Crippen molar-refractivity contribution >= 4 is 17.3 Å². The molecule has 0 fully saturated rings. The van der Waals surface area contributed by atoms with E-state index in [2.05, 4.69) is 19.2 Å². The van der Waals surface area contributed by atoms with Gasteiger partial charge in [0.2, 0.25) is 0 Å². The van der Waals surface area contributed by atoms with Gasteiger partial charge in [0, 0.05) is 12.1 Å². The van der Waals surface area contributed by atoms with Crippen LogP contribution in [0.4, 0.5) is 11.4 Å². The molecule has 4 aromatic rings. The quantitative estimate of drug-likeness (QED) is 0.188. The molecule has 3 aromatic carbocycles. The Morgan fingerprint density at radius 1 is 0.919 bits per heavy atom. The van der Waals surface area contributed by atoms with E-state index in [9.17, 15) is 14.9 Å². The number of ether oxygens (including phenoxy) is 2. The summed E-state index contributed by atoms with van der Waals surface area (Å²) in [5.41, 5.74) is 3.21. The van der Waals surface area contributed by atoms with Gasteiger partial charge in [0.1, 0.15) is 29.6 Å². The van der Waals surface area contributed by atoms with Crippen molar-refractivity contribution in [2.45, 2.75) is 40.2 Å². The lowest BCUT2D eigenvalue weighted by Gasteiger charge is -2.10. The highest BCUT2D eigenvalue weighted by Crippen LogP contribution is 2.31. The fraction of sp³-hybridized carbons (Fsp3) is 0.207. The van der Waals surface area contributed by atoms with E-state index >= 15 is 0 Å². The molecule has 1 aromatic heterocycles. The van der Waals surface area contributed by atoms with Crippen molar-refractivity contribution in [2.75, 3.05) is 5.32 Å². The third-order valence-corrected chi connectivity index (χ3v) is 5.60. The number of hydrogen-bond donors (Lipinski definition) is 1. The summed E-state index contributed by atoms with van der Waals surface area (Å²) < 4.78 is 17.2. The van der Waals surface area contributed by atoms with Crippen LogP contribution in [0.5, 0.6) is 17.2 Å². The van der Waals surface area contributed by atoms with Crippen LogP contribution in [0.2, 0.25) is 0 Å². The summed E-state index contributed by atoms with van der Waals surface area (Å²) in [5.74, 6) is 1.87. The SMILES string of the molecule is Cc1cc(C)cc(Oc2cc(NC(=O)c3ccc(COc4ccc(C(C)C)cc4)o3)cc([N+](=O)[O-])c2)c1. The maximum absolute atomic E-state index is 12.8. The average Bonchev–Trinajstić information content (AvgIpc) is 3.31. The second kappa shape index (κ2) is 11.0. The molecule has 0 spiro atoms. The van der Waals surface area contributed by atoms with Gasteiger partial charge in [0.25, 0.3) is 11.6 Å². The molecule has 4 rings (SSSR count). The molecule has 1 heterocycles. The van der Waals surface area contributed by atoms with Gasteiger partial charge in [-0.3, -0.25) is 14.9 Å². The van der Waals surface area contributed by atoms with Crippen LogP contribution in [0.25, 0.3) is 0 Å². The number of rotatable bonds is 9. The van der Waals surface area contributed by atoms with Crippen molar-refractivity contribution in [2.24, 2.45) is 0 Å². The van der Waals surface area contributed by atoms with Crippen LogP contribution in [0.3, 0.4) is 0 Å². The number of nitro benzene ring substituents is 1. The number of carbonyl (C=O) groups is 1. The van der Waals surface area contributed by atoms with Crippen molar-refractivity contribution in [3.05, 3.63) is 111 Å². The summed E-state index contributed by atoms with van der Waals surface area (Å²) in [6.45, 7) is 8.27. The van der Waals surface area contributed by atoms with Crippen molar-refractivity contribution in [1.29, 1.82) is 0 Å². The lowest BCUT2D eigenvalue weighted by atomic mass is 10.0. The van der Waals surface area contributed by atoms with Gasteiger partial charge in [-0.25, -0.2) is 0 Å². The highest BCUT2D eigenvalue weighted by atomic mass is 16.6. The number of nitrogens with zero attached hydrogens (tertiary/aromatic N) is 1. The maximum atomic E-state index is 12.8. The van der Waals surface area contributed by atoms with Gasteiger partial charge in [-0.2, -0.15) is 0 Å². The molecule has 190 valence electrons. The standard InChI is InChI=1S/C29H28N2O6/c1-18(2)21-5-7-24(8-6-21)35-17-25-9-10-28(37-25)29(32)30-22-14-23(31(33)34)16-27(15-22)36-26-12-19(3)11-20(4)13-26/h5-16,18H,17H2,1-4H3,(H,30,32). The molecule has 37 heavy (non-hydrogen) atoms. The maximum Gasteiger partial charge on any atom is 0.291 e. The lowest BCUT2D eigenvalue weighted by Crippen LogP contribution is -2.11. The number of nitro groups is 1. The van der Waals surface area contributed by atoms with Crippen LogP contribution in [-0.2, 0) is 6.61 Å². The Morgan fingerprint density at radius 2 is 1.59 bits per heavy atom. The van der Waals surface area contributed by atoms with Crippen LogP contribution in [0.1, 0.15) is 52.8 Å². The molecule has 8 nitrogen and oxygen atoms in total. The van der Waals surface area contributed by atoms with E-state index in [1.165, 1.54) is 29.8 Å². The summed E-state index contributed by atoms with van der Waals surface area (Å²) in [4.78, 5) is 23.7. The molecule has 0 saturated carbocycles. The van der Waals surface area contributed by atoms with E-state index in [1.807, 2.05) is 56.3 Å². The minimum Gasteiger partial charge on any atom is -0.486 e. The number of amides is 1. The minimum absolute atomic E-state index is 0.0528. The first kappa shape index (κ1) is 25.5. The van der Waals surface area contributed by atoms with E-state index in [0.717, 1.165) is 11.1 Å². The molecular weight excluding hydrogens is 472 g/mol. The number of benzene rings is 3. The van der Waals surface area contributed by atoms with Gasteiger partial charge in [0.15, 0.2) is 5.76 Å². The Labute approximate surface area is 215 Å². The van der Waals surface area contributed by atoms with E-state index in [0.29, 0.717) is 23.2 Å². The predicted octanol–water partition coefficient (Wildman–Crippen LogP) is 7.55. The molecule has 1 N–H and O–H groups in total. The summed E-state index contributed by atoms with van der Waals surface area (Å²) >= 11 is 0. The topological polar surface area (TPSA) is 104 Å². The predicted molar refractivity (Wildman–Crippen MR) is 141 cm³/mol. The Morgan fingerprint density at radius 3 is 2.24 bits per heavy atom. The van der Waals surface area contributed by atoms with Crippen LogP contribution in [-0.4, -0.2) is 10.8 Å². The molecule has 0 aliphatic heterocycles. The fourth-order valence-electron chi connectivity index (χ4n) is 3.82. The van der Waals surface area contributed by atoms with Crippen molar-refractivity contribution in [3.63, 3.8) is 0 Å². The molecule has 1 amide bonds. The third kappa shape index (κ3) is 6.76. The average molecular weight is 501 g/mol. The van der Waals surface area contributed by atoms with Crippen LogP contribution in [0.15, 0.2) is 77.2 Å². The first-order valence-corrected chi connectivity index (χ1v) is 11.8. The minimum atomic E-state index is -0.551. The number of nitrogens with one attached hydrogen (secondary N) is 1. The highest BCUT2D eigenvalue weighted by molar-refractivity contribution is 6.02. The Kier molecular flexibility index (Phi) is 7.57. The summed E-state index contributed by atoms with van der Waals surface area (Å²) in [6, 6.07) is 20.7. The zero-order valence-electron chi connectivity index (χ0n) is 21.1. The number of hydrogen-bond acceptors (Lipinski definition) is 6. The first-order valence-electron chi connectivity index (χ1n) is 11.8. The van der Waals surface area contributed by atoms with Crippen LogP contribution < -0.4 is 14.8 Å². The smallest absolute Gasteiger partial charge is 0.291 e. The van der Waals surface area contributed by atoms with Crippen LogP contribution in [0, 0.1) is 24.0 Å². The van der Waals surface area contributed by atoms with Gasteiger partial charge in [-0.05, 0) is 72.9 Å². The van der Waals surface area contributed by atoms with E-state index in [1.54, 1.807) is 6.07 Å². The zero-order chi connectivity index (χ0) is 26.5. The second-order valence-electron chi connectivity index (χ2n) is 9.13. The van der Waals surface area contributed by atoms with Gasteiger partial charge >= 0.3 is 0 Å². The van der Waals surface area contributed by atoms with Gasteiger partial charge in [0.05, 0.1) is 16.7 Å². The first-order chi connectivity index (χ1) is 17.7. The molecule has 0 atom stereocenters. The van der Waals surface area contributed by atoms with Crippen molar-refractivity contribution < 1.29 is 23.6 Å². The number of non-ortho nitro benzene ring substituents is 1. The van der Waals surface area contributed by atoms with Gasteiger partial charge in [-0.1, -0.05) is 32.0 Å². The molecule has 0 unspecified atom stereocenters. The Hall–Kier alpha value is -4.59. The second-order valence-corrected chi connectivity index (χ2v) is 9.13. The highest BCUT2D eigenvalue weighted by Gasteiger charge is 2.16. The van der Waals surface area contributed by atoms with E-state index in [-0.39, 0.29) is 29.5 Å². The lowest BCUT2D eigenvalue weighted by molar-refractivity contribution is -0.384. The van der Waals surface area contributed by atoms with Gasteiger partial charge < -0.3 is 19.2 Å². The Balaban J connectivity index is 1.44. The van der Waals surface area contributed by atoms with E-state index in [4.69, 9.17) is 13.9 Å². The normalized spacial score (nSPS) is 10.8. The number of carbonyl (C=O) groups excluding carboxylic acids is 1. The fourth-order valence-corrected chi connectivity index (χ4v) is 3.82. The zero-order valence-corrected chi connectivity index (χ0v) is 21.1. The molecular formula is C29H28N2O6. The number of aryl methyl sites for hydroxylation is 2. The summed E-state index contributed by atoms with van der Waals surface area (Å²) in [5, 5.41) is 14.1. The molecule has 8 heteroatoms. The van der Waals surface area contributed by atoms with E-state index < -0.39 is 10.8 Å². The molecule has 0 saturated heterocycles. The van der Waals surface area contributed by atoms with Crippen molar-refractivity contribution in [3.8, 4) is 17.2 Å². The summed E-state index contributed by atoms with van der Waals surface area (Å²) in [7, 11) is 0.